The van der Waals surface area contributed by atoms with Crippen LogP contribution in [-0.4, -0.2) is 29.4 Å². The van der Waals surface area contributed by atoms with E-state index in [1.165, 1.54) is 6.92 Å². The quantitative estimate of drug-likeness (QED) is 0.600. The van der Waals surface area contributed by atoms with E-state index in [0.717, 1.165) is 0 Å². The highest BCUT2D eigenvalue weighted by atomic mass is 16.3. The van der Waals surface area contributed by atoms with Crippen LogP contribution in [0.25, 0.3) is 0 Å². The van der Waals surface area contributed by atoms with Gasteiger partial charge in [0.1, 0.15) is 5.78 Å². The molecule has 0 radical (unpaired) electrons. The lowest BCUT2D eigenvalue weighted by atomic mass is 10.1. The van der Waals surface area contributed by atoms with Crippen LogP contribution in [0.15, 0.2) is 0 Å². The Morgan fingerprint density at radius 1 is 1.38 bits per heavy atom. The minimum atomic E-state index is -0.319. The predicted octanol–water partition coefficient (Wildman–Crippen LogP) is 0.0986. The van der Waals surface area contributed by atoms with Crippen molar-refractivity contribution in [1.29, 1.82) is 0 Å². The van der Waals surface area contributed by atoms with Crippen LogP contribution in [0.4, 0.5) is 0 Å². The third-order valence-electron chi connectivity index (χ3n) is 1.76. The molecule has 4 heteroatoms. The molecule has 0 aliphatic carbocycles. The molecule has 0 saturated carbocycles. The molecule has 0 heterocycles. The molecule has 0 aromatic rings. The number of amides is 1. The Morgan fingerprint density at radius 3 is 2.23 bits per heavy atom. The highest BCUT2D eigenvalue weighted by molar-refractivity contribution is 5.96. The number of rotatable bonds is 5. The van der Waals surface area contributed by atoms with E-state index >= 15 is 0 Å². The first kappa shape index (κ1) is 12.1. The van der Waals surface area contributed by atoms with E-state index in [1.807, 2.05) is 13.8 Å². The van der Waals surface area contributed by atoms with Crippen LogP contribution >= 0.6 is 0 Å². The van der Waals surface area contributed by atoms with E-state index in [2.05, 4.69) is 5.32 Å². The van der Waals surface area contributed by atoms with Gasteiger partial charge in [-0.15, -0.1) is 0 Å². The molecule has 0 aromatic carbocycles. The summed E-state index contributed by atoms with van der Waals surface area (Å²) in [4.78, 5) is 21.7. The van der Waals surface area contributed by atoms with E-state index in [9.17, 15) is 9.59 Å². The molecule has 0 aromatic heterocycles. The van der Waals surface area contributed by atoms with Gasteiger partial charge in [0, 0.05) is 0 Å². The molecule has 0 bridgehead atoms. The smallest absolute Gasteiger partial charge is 0.227 e. The molecule has 0 fully saturated rings. The van der Waals surface area contributed by atoms with Gasteiger partial charge in [0.25, 0.3) is 0 Å². The Balaban J connectivity index is 3.94. The van der Waals surface area contributed by atoms with Gasteiger partial charge in [-0.3, -0.25) is 9.59 Å². The van der Waals surface area contributed by atoms with Crippen LogP contribution in [0.1, 0.15) is 27.2 Å². The molecule has 1 amide bonds. The Kier molecular flexibility index (Phi) is 5.30. The minimum absolute atomic E-state index is 0.0959. The first-order chi connectivity index (χ1) is 5.97. The number of nitrogens with one attached hydrogen (secondary N) is 1. The summed E-state index contributed by atoms with van der Waals surface area (Å²) >= 11 is 0. The number of hydrogen-bond donors (Lipinski definition) is 2. The van der Waals surface area contributed by atoms with Gasteiger partial charge in [-0.25, -0.2) is 0 Å². The van der Waals surface area contributed by atoms with Gasteiger partial charge in [-0.1, -0.05) is 13.8 Å². The van der Waals surface area contributed by atoms with Crippen LogP contribution in [0.2, 0.25) is 0 Å². The summed E-state index contributed by atoms with van der Waals surface area (Å²) in [6.45, 7) is 5.06. The van der Waals surface area contributed by atoms with Crippen LogP contribution in [0.5, 0.6) is 0 Å². The zero-order valence-corrected chi connectivity index (χ0v) is 8.33. The second-order valence-corrected chi connectivity index (χ2v) is 3.48. The standard InChI is InChI=1S/C9H17NO3/c1-6(2)8(5-11)10-9(13)4-7(3)12/h6,8,11H,4-5H2,1-3H3,(H,10,13)/t8-/m1/s1. The monoisotopic (exact) mass is 187 g/mol. The zero-order chi connectivity index (χ0) is 10.4. The molecule has 0 rings (SSSR count). The highest BCUT2D eigenvalue weighted by Gasteiger charge is 2.15. The van der Waals surface area contributed by atoms with Crippen molar-refractivity contribution in [3.63, 3.8) is 0 Å². The van der Waals surface area contributed by atoms with Gasteiger partial charge in [0.15, 0.2) is 0 Å². The molecule has 0 aliphatic rings. The van der Waals surface area contributed by atoms with Crippen molar-refractivity contribution in [2.75, 3.05) is 6.61 Å². The number of ketones is 1. The predicted molar refractivity (Wildman–Crippen MR) is 49.2 cm³/mol. The first-order valence-electron chi connectivity index (χ1n) is 4.37. The molecule has 76 valence electrons. The number of Topliss-reactive ketones (excluding diaryl/α,β-unsaturated/α-hetero) is 1. The summed E-state index contributed by atoms with van der Waals surface area (Å²) in [5.41, 5.74) is 0. The second kappa shape index (κ2) is 5.70. The molecule has 0 saturated heterocycles. The SMILES string of the molecule is CC(=O)CC(=O)N[C@H](CO)C(C)C. The minimum Gasteiger partial charge on any atom is -0.394 e. The van der Waals surface area contributed by atoms with Gasteiger partial charge in [-0.05, 0) is 12.8 Å². The summed E-state index contributed by atoms with van der Waals surface area (Å²) in [6.07, 6.45) is -0.108. The summed E-state index contributed by atoms with van der Waals surface area (Å²) in [5.74, 6) is -0.320. The molecular weight excluding hydrogens is 170 g/mol. The maximum atomic E-state index is 11.1. The van der Waals surface area contributed by atoms with Gasteiger partial charge >= 0.3 is 0 Å². The molecule has 2 N–H and O–H groups in total. The van der Waals surface area contributed by atoms with E-state index < -0.39 is 0 Å². The van der Waals surface area contributed by atoms with Gasteiger partial charge in [0.05, 0.1) is 19.1 Å². The van der Waals surface area contributed by atoms with E-state index in [0.29, 0.717) is 0 Å². The maximum absolute atomic E-state index is 11.1. The van der Waals surface area contributed by atoms with E-state index in [1.54, 1.807) is 0 Å². The topological polar surface area (TPSA) is 66.4 Å². The molecule has 0 unspecified atom stereocenters. The zero-order valence-electron chi connectivity index (χ0n) is 8.33. The molecule has 1 atom stereocenters. The number of carbonyl (C=O) groups is 2. The average Bonchev–Trinajstić information content (AvgIpc) is 1.98. The largest absolute Gasteiger partial charge is 0.394 e. The van der Waals surface area contributed by atoms with Crippen molar-refractivity contribution in [3.8, 4) is 0 Å². The lowest BCUT2D eigenvalue weighted by Crippen LogP contribution is -2.41. The van der Waals surface area contributed by atoms with Crippen molar-refractivity contribution in [1.82, 2.24) is 5.32 Å². The van der Waals surface area contributed by atoms with Crippen LogP contribution in [0, 0.1) is 5.92 Å². The fourth-order valence-electron chi connectivity index (χ4n) is 0.907. The third-order valence-corrected chi connectivity index (χ3v) is 1.76. The van der Waals surface area contributed by atoms with E-state index in [4.69, 9.17) is 5.11 Å². The van der Waals surface area contributed by atoms with E-state index in [-0.39, 0.29) is 36.7 Å². The fraction of sp³-hybridized carbons (Fsp3) is 0.778. The van der Waals surface area contributed by atoms with Crippen molar-refractivity contribution in [2.45, 2.75) is 33.2 Å². The molecular formula is C9H17NO3. The Morgan fingerprint density at radius 2 is 1.92 bits per heavy atom. The number of hydrogen-bond acceptors (Lipinski definition) is 3. The Hall–Kier alpha value is -0.900. The Labute approximate surface area is 78.3 Å². The second-order valence-electron chi connectivity index (χ2n) is 3.48. The van der Waals surface area contributed by atoms with Crippen LogP contribution in [0.3, 0.4) is 0 Å². The summed E-state index contributed by atoms with van der Waals surface area (Å²) in [6, 6.07) is -0.258. The average molecular weight is 187 g/mol. The maximum Gasteiger partial charge on any atom is 0.227 e. The van der Waals surface area contributed by atoms with Crippen LogP contribution < -0.4 is 5.32 Å². The Bertz CT molecular complexity index is 189. The fourth-order valence-corrected chi connectivity index (χ4v) is 0.907. The molecule has 0 aliphatic heterocycles. The number of aliphatic hydroxyl groups is 1. The van der Waals surface area contributed by atoms with Gasteiger partial charge < -0.3 is 10.4 Å². The highest BCUT2D eigenvalue weighted by Crippen LogP contribution is 2.00. The summed E-state index contributed by atoms with van der Waals surface area (Å²) in [7, 11) is 0. The lowest BCUT2D eigenvalue weighted by molar-refractivity contribution is -0.128. The summed E-state index contributed by atoms with van der Waals surface area (Å²) < 4.78 is 0. The van der Waals surface area contributed by atoms with Crippen LogP contribution in [-0.2, 0) is 9.59 Å². The first-order valence-corrected chi connectivity index (χ1v) is 4.37. The molecule has 13 heavy (non-hydrogen) atoms. The van der Waals surface area contributed by atoms with Crippen molar-refractivity contribution >= 4 is 11.7 Å². The van der Waals surface area contributed by atoms with Crippen molar-refractivity contribution in [2.24, 2.45) is 5.92 Å². The van der Waals surface area contributed by atoms with Gasteiger partial charge in [0.2, 0.25) is 5.91 Å². The summed E-state index contributed by atoms with van der Waals surface area (Å²) in [5, 5.41) is 11.5. The van der Waals surface area contributed by atoms with Gasteiger partial charge in [-0.2, -0.15) is 0 Å². The third kappa shape index (κ3) is 5.36. The normalized spacial score (nSPS) is 12.7. The molecule has 4 nitrogen and oxygen atoms in total. The van der Waals surface area contributed by atoms with Crippen molar-refractivity contribution in [3.05, 3.63) is 0 Å². The van der Waals surface area contributed by atoms with Crippen molar-refractivity contribution < 1.29 is 14.7 Å². The lowest BCUT2D eigenvalue weighted by Gasteiger charge is -2.19. The number of carbonyl (C=O) groups excluding carboxylic acids is 2. The molecule has 0 spiro atoms. The number of aliphatic hydroxyl groups excluding tert-OH is 1.